The van der Waals surface area contributed by atoms with E-state index in [1.807, 2.05) is 0 Å². The van der Waals surface area contributed by atoms with Gasteiger partial charge >= 0.3 is 5.69 Å². The molecule has 0 saturated heterocycles. The number of carbonyl (C=O) groups is 1. The van der Waals surface area contributed by atoms with Gasteiger partial charge in [-0.05, 0) is 37.1 Å². The standard InChI is InChI=1S/C15H12ClNO4/c1-9-5-10(2)15(13(6-9)17(19)20)21-14-7-12(16)4-3-11(14)8-18/h3-8H,1-2H3. The molecule has 0 unspecified atom stereocenters. The summed E-state index contributed by atoms with van der Waals surface area (Å²) in [5.41, 5.74) is 1.49. The minimum atomic E-state index is -0.513. The molecule has 2 aromatic carbocycles. The summed E-state index contributed by atoms with van der Waals surface area (Å²) in [4.78, 5) is 21.7. The van der Waals surface area contributed by atoms with Gasteiger partial charge in [0.25, 0.3) is 0 Å². The van der Waals surface area contributed by atoms with E-state index in [0.29, 0.717) is 16.9 Å². The first-order chi connectivity index (χ1) is 9.92. The number of hydrogen-bond donors (Lipinski definition) is 0. The van der Waals surface area contributed by atoms with Crippen molar-refractivity contribution in [1.82, 2.24) is 0 Å². The summed E-state index contributed by atoms with van der Waals surface area (Å²) in [6.07, 6.45) is 0.612. The largest absolute Gasteiger partial charge is 0.449 e. The lowest BCUT2D eigenvalue weighted by atomic mass is 10.1. The van der Waals surface area contributed by atoms with Crippen LogP contribution in [0.1, 0.15) is 21.5 Å². The van der Waals surface area contributed by atoms with Crippen LogP contribution in [0.4, 0.5) is 5.69 Å². The average Bonchev–Trinajstić information content (AvgIpc) is 2.41. The summed E-state index contributed by atoms with van der Waals surface area (Å²) in [6, 6.07) is 7.70. The van der Waals surface area contributed by atoms with E-state index in [1.165, 1.54) is 18.2 Å². The van der Waals surface area contributed by atoms with E-state index in [9.17, 15) is 14.9 Å². The second-order valence-corrected chi connectivity index (χ2v) is 5.03. The number of benzene rings is 2. The number of rotatable bonds is 4. The van der Waals surface area contributed by atoms with Crippen molar-refractivity contribution in [2.45, 2.75) is 13.8 Å². The highest BCUT2D eigenvalue weighted by atomic mass is 35.5. The van der Waals surface area contributed by atoms with Crippen LogP contribution in [0, 0.1) is 24.0 Å². The summed E-state index contributed by atoms with van der Waals surface area (Å²) in [7, 11) is 0. The van der Waals surface area contributed by atoms with Gasteiger partial charge in [-0.3, -0.25) is 14.9 Å². The Morgan fingerprint density at radius 3 is 2.57 bits per heavy atom. The van der Waals surface area contributed by atoms with Crippen molar-refractivity contribution in [2.75, 3.05) is 0 Å². The van der Waals surface area contributed by atoms with Crippen LogP contribution in [-0.2, 0) is 0 Å². The molecule has 0 aliphatic heterocycles. The normalized spacial score (nSPS) is 10.2. The van der Waals surface area contributed by atoms with Crippen LogP contribution in [0.5, 0.6) is 11.5 Å². The van der Waals surface area contributed by atoms with E-state index < -0.39 is 4.92 Å². The molecule has 0 atom stereocenters. The van der Waals surface area contributed by atoms with E-state index in [0.717, 1.165) is 5.56 Å². The molecule has 0 bridgehead atoms. The Bertz CT molecular complexity index is 728. The maximum atomic E-state index is 11.2. The summed E-state index contributed by atoms with van der Waals surface area (Å²) >= 11 is 5.88. The molecule has 2 aromatic rings. The third-order valence-corrected chi connectivity index (χ3v) is 3.15. The van der Waals surface area contributed by atoms with Gasteiger partial charge in [-0.1, -0.05) is 17.7 Å². The Balaban J connectivity index is 2.56. The molecular weight excluding hydrogens is 294 g/mol. The van der Waals surface area contributed by atoms with Crippen LogP contribution in [0.2, 0.25) is 5.02 Å². The second kappa shape index (κ2) is 5.93. The molecule has 6 heteroatoms. The molecule has 5 nitrogen and oxygen atoms in total. The molecule has 0 amide bonds. The number of nitrogens with zero attached hydrogens (tertiary/aromatic N) is 1. The van der Waals surface area contributed by atoms with Gasteiger partial charge in [0.2, 0.25) is 5.75 Å². The van der Waals surface area contributed by atoms with Gasteiger partial charge in [0, 0.05) is 17.2 Å². The molecule has 0 heterocycles. The van der Waals surface area contributed by atoms with E-state index in [1.54, 1.807) is 26.0 Å². The van der Waals surface area contributed by atoms with Crippen LogP contribution in [-0.4, -0.2) is 11.2 Å². The summed E-state index contributed by atoms with van der Waals surface area (Å²) in [5, 5.41) is 11.5. The lowest BCUT2D eigenvalue weighted by Crippen LogP contribution is -1.98. The van der Waals surface area contributed by atoms with E-state index in [2.05, 4.69) is 0 Å². The van der Waals surface area contributed by atoms with Crippen molar-refractivity contribution in [2.24, 2.45) is 0 Å². The lowest BCUT2D eigenvalue weighted by Gasteiger charge is -2.12. The summed E-state index contributed by atoms with van der Waals surface area (Å²) in [5.74, 6) is 0.295. The highest BCUT2D eigenvalue weighted by Crippen LogP contribution is 2.37. The van der Waals surface area contributed by atoms with E-state index >= 15 is 0 Å². The third-order valence-electron chi connectivity index (χ3n) is 2.91. The number of carbonyl (C=O) groups excluding carboxylic acids is 1. The number of hydrogen-bond acceptors (Lipinski definition) is 4. The number of aldehydes is 1. The Morgan fingerprint density at radius 1 is 1.24 bits per heavy atom. The molecule has 0 aliphatic carbocycles. The number of ether oxygens (including phenoxy) is 1. The van der Waals surface area contributed by atoms with Crippen LogP contribution in [0.25, 0.3) is 0 Å². The SMILES string of the molecule is Cc1cc(C)c(Oc2cc(Cl)ccc2C=O)c([N+](=O)[O-])c1. The third kappa shape index (κ3) is 3.20. The summed E-state index contributed by atoms with van der Waals surface area (Å²) < 4.78 is 5.60. The van der Waals surface area contributed by atoms with Crippen molar-refractivity contribution in [3.8, 4) is 11.5 Å². The highest BCUT2D eigenvalue weighted by molar-refractivity contribution is 6.30. The molecule has 0 aromatic heterocycles. The van der Waals surface area contributed by atoms with Gasteiger partial charge in [0.1, 0.15) is 5.75 Å². The topological polar surface area (TPSA) is 69.4 Å². The smallest absolute Gasteiger partial charge is 0.312 e. The molecule has 0 spiro atoms. The van der Waals surface area contributed by atoms with Gasteiger partial charge in [-0.2, -0.15) is 0 Å². The van der Waals surface area contributed by atoms with Crippen LogP contribution in [0.15, 0.2) is 30.3 Å². The zero-order valence-corrected chi connectivity index (χ0v) is 12.2. The quantitative estimate of drug-likeness (QED) is 0.475. The number of nitro groups is 1. The number of aryl methyl sites for hydroxylation is 2. The molecule has 108 valence electrons. The Kier molecular flexibility index (Phi) is 4.23. The van der Waals surface area contributed by atoms with Crippen LogP contribution in [0.3, 0.4) is 0 Å². The zero-order valence-electron chi connectivity index (χ0n) is 11.4. The predicted octanol–water partition coefficient (Wildman–Crippen LogP) is 4.47. The molecular formula is C15H12ClNO4. The molecule has 0 N–H and O–H groups in total. The molecule has 0 saturated carbocycles. The van der Waals surface area contributed by atoms with Crippen molar-refractivity contribution >= 4 is 23.6 Å². The molecule has 0 fully saturated rings. The maximum absolute atomic E-state index is 11.2. The van der Waals surface area contributed by atoms with Crippen molar-refractivity contribution in [3.63, 3.8) is 0 Å². The molecule has 21 heavy (non-hydrogen) atoms. The lowest BCUT2D eigenvalue weighted by molar-refractivity contribution is -0.385. The maximum Gasteiger partial charge on any atom is 0.312 e. The van der Waals surface area contributed by atoms with Crippen molar-refractivity contribution < 1.29 is 14.5 Å². The summed E-state index contributed by atoms with van der Waals surface area (Å²) in [6.45, 7) is 3.47. The van der Waals surface area contributed by atoms with Crippen LogP contribution < -0.4 is 4.74 Å². The number of nitro benzene ring substituents is 1. The van der Waals surface area contributed by atoms with Gasteiger partial charge in [0.05, 0.1) is 10.5 Å². The first-order valence-electron chi connectivity index (χ1n) is 6.10. The molecule has 2 rings (SSSR count). The zero-order chi connectivity index (χ0) is 15.6. The van der Waals surface area contributed by atoms with Crippen LogP contribution >= 0.6 is 11.6 Å². The van der Waals surface area contributed by atoms with Gasteiger partial charge < -0.3 is 4.74 Å². The Hall–Kier alpha value is -2.40. The van der Waals surface area contributed by atoms with E-state index in [4.69, 9.17) is 16.3 Å². The number of halogens is 1. The van der Waals surface area contributed by atoms with Crippen molar-refractivity contribution in [1.29, 1.82) is 0 Å². The van der Waals surface area contributed by atoms with Gasteiger partial charge in [-0.25, -0.2) is 0 Å². The van der Waals surface area contributed by atoms with Gasteiger partial charge in [0.15, 0.2) is 6.29 Å². The van der Waals surface area contributed by atoms with Gasteiger partial charge in [-0.15, -0.1) is 0 Å². The minimum Gasteiger partial charge on any atom is -0.449 e. The molecule has 0 radical (unpaired) electrons. The fraction of sp³-hybridized carbons (Fsp3) is 0.133. The van der Waals surface area contributed by atoms with E-state index in [-0.39, 0.29) is 22.7 Å². The average molecular weight is 306 g/mol. The minimum absolute atomic E-state index is 0.107. The monoisotopic (exact) mass is 305 g/mol. The predicted molar refractivity (Wildman–Crippen MR) is 79.5 cm³/mol. The fourth-order valence-electron chi connectivity index (χ4n) is 2.00. The fourth-order valence-corrected chi connectivity index (χ4v) is 2.17. The first-order valence-corrected chi connectivity index (χ1v) is 6.48. The molecule has 0 aliphatic rings. The van der Waals surface area contributed by atoms with Crippen molar-refractivity contribution in [3.05, 3.63) is 62.2 Å². The Morgan fingerprint density at radius 2 is 1.95 bits per heavy atom. The highest BCUT2D eigenvalue weighted by Gasteiger charge is 2.20. The first kappa shape index (κ1) is 15.0. The second-order valence-electron chi connectivity index (χ2n) is 4.59. The Labute approximate surface area is 126 Å².